The lowest BCUT2D eigenvalue weighted by atomic mass is 10.1. The maximum Gasteiger partial charge on any atom is 0.227 e. The fraction of sp³-hybridized carbons (Fsp3) is 0.438. The van der Waals surface area contributed by atoms with E-state index in [1.807, 2.05) is 23.1 Å². The average molecular weight is 288 g/mol. The fourth-order valence-electron chi connectivity index (χ4n) is 2.80. The van der Waals surface area contributed by atoms with Crippen LogP contribution in [0.15, 0.2) is 28.9 Å². The molecule has 1 N–H and O–H groups in total. The van der Waals surface area contributed by atoms with Gasteiger partial charge in [-0.2, -0.15) is 0 Å². The van der Waals surface area contributed by atoms with Crippen LogP contribution in [0.25, 0.3) is 11.0 Å². The number of piperazine rings is 1. The topological polar surface area (TPSA) is 54.7 Å². The average Bonchev–Trinajstić information content (AvgIpc) is 2.89. The first-order chi connectivity index (χ1) is 10.2. The quantitative estimate of drug-likeness (QED) is 0.936. The zero-order valence-corrected chi connectivity index (χ0v) is 12.4. The highest BCUT2D eigenvalue weighted by molar-refractivity contribution is 5.88. The number of furan rings is 1. The molecular weight excluding hydrogens is 268 g/mol. The Labute approximate surface area is 123 Å². The summed E-state index contributed by atoms with van der Waals surface area (Å²) in [6.45, 7) is 4.56. The van der Waals surface area contributed by atoms with Gasteiger partial charge in [-0.05, 0) is 19.1 Å². The second-order valence-corrected chi connectivity index (χ2v) is 5.44. The molecular formula is C16H20N2O3. The van der Waals surface area contributed by atoms with Crippen LogP contribution in [-0.2, 0) is 11.2 Å². The van der Waals surface area contributed by atoms with Crippen LogP contribution in [0.1, 0.15) is 12.5 Å². The molecule has 1 aromatic heterocycles. The Morgan fingerprint density at radius 1 is 1.52 bits per heavy atom. The van der Waals surface area contributed by atoms with E-state index in [2.05, 4.69) is 12.2 Å². The monoisotopic (exact) mass is 288 g/mol. The number of hydrogen-bond acceptors (Lipinski definition) is 4. The Bertz CT molecular complexity index is 650. The summed E-state index contributed by atoms with van der Waals surface area (Å²) in [6, 6.07) is 5.92. The van der Waals surface area contributed by atoms with Crippen molar-refractivity contribution in [3.63, 3.8) is 0 Å². The van der Waals surface area contributed by atoms with Gasteiger partial charge in [0.1, 0.15) is 11.3 Å². The predicted molar refractivity (Wildman–Crippen MR) is 80.5 cm³/mol. The third-order valence-electron chi connectivity index (χ3n) is 4.03. The summed E-state index contributed by atoms with van der Waals surface area (Å²) in [5, 5.41) is 4.27. The van der Waals surface area contributed by atoms with Crippen molar-refractivity contribution < 1.29 is 13.9 Å². The number of nitrogens with one attached hydrogen (secondary N) is 1. The maximum atomic E-state index is 12.5. The molecule has 5 heteroatoms. The SMILES string of the molecule is COc1ccc2c(CC(=O)N3CCNCC3C)coc2c1. The Hall–Kier alpha value is -2.01. The highest BCUT2D eigenvalue weighted by atomic mass is 16.5. The number of methoxy groups -OCH3 is 1. The molecule has 0 spiro atoms. The van der Waals surface area contributed by atoms with Gasteiger partial charge in [0.25, 0.3) is 0 Å². The molecule has 2 aromatic rings. The van der Waals surface area contributed by atoms with E-state index in [9.17, 15) is 4.79 Å². The zero-order valence-electron chi connectivity index (χ0n) is 12.4. The first-order valence-electron chi connectivity index (χ1n) is 7.23. The summed E-state index contributed by atoms with van der Waals surface area (Å²) < 4.78 is 10.7. The van der Waals surface area contributed by atoms with Gasteiger partial charge in [-0.3, -0.25) is 4.79 Å². The molecule has 0 radical (unpaired) electrons. The molecule has 1 aliphatic rings. The fourth-order valence-corrected chi connectivity index (χ4v) is 2.80. The van der Waals surface area contributed by atoms with Crippen LogP contribution in [-0.4, -0.2) is 43.6 Å². The highest BCUT2D eigenvalue weighted by Crippen LogP contribution is 2.26. The standard InChI is InChI=1S/C16H20N2O3/c1-11-9-17-5-6-18(11)16(19)7-12-10-21-15-8-13(20-2)3-4-14(12)15/h3-4,8,10-11,17H,5-7,9H2,1-2H3. The van der Waals surface area contributed by atoms with Crippen molar-refractivity contribution in [3.8, 4) is 5.75 Å². The maximum absolute atomic E-state index is 12.5. The van der Waals surface area contributed by atoms with Crippen LogP contribution in [0.2, 0.25) is 0 Å². The van der Waals surface area contributed by atoms with Crippen molar-refractivity contribution in [1.82, 2.24) is 10.2 Å². The van der Waals surface area contributed by atoms with E-state index in [0.717, 1.165) is 41.9 Å². The van der Waals surface area contributed by atoms with E-state index in [-0.39, 0.29) is 11.9 Å². The Kier molecular flexibility index (Phi) is 3.84. The smallest absolute Gasteiger partial charge is 0.227 e. The van der Waals surface area contributed by atoms with Crippen molar-refractivity contribution in [2.24, 2.45) is 0 Å². The van der Waals surface area contributed by atoms with Gasteiger partial charge < -0.3 is 19.4 Å². The number of amides is 1. The minimum Gasteiger partial charge on any atom is -0.497 e. The minimum atomic E-state index is 0.155. The molecule has 0 bridgehead atoms. The van der Waals surface area contributed by atoms with Crippen LogP contribution in [0.3, 0.4) is 0 Å². The number of hydrogen-bond donors (Lipinski definition) is 1. The molecule has 1 unspecified atom stereocenters. The van der Waals surface area contributed by atoms with Crippen molar-refractivity contribution in [3.05, 3.63) is 30.0 Å². The summed E-state index contributed by atoms with van der Waals surface area (Å²) in [7, 11) is 1.63. The van der Waals surface area contributed by atoms with Crippen LogP contribution in [0, 0.1) is 0 Å². The molecule has 1 fully saturated rings. The third kappa shape index (κ3) is 2.74. The van der Waals surface area contributed by atoms with Crippen LogP contribution >= 0.6 is 0 Å². The molecule has 21 heavy (non-hydrogen) atoms. The lowest BCUT2D eigenvalue weighted by Gasteiger charge is -2.34. The number of rotatable bonds is 3. The minimum absolute atomic E-state index is 0.155. The van der Waals surface area contributed by atoms with Crippen molar-refractivity contribution in [2.75, 3.05) is 26.7 Å². The molecule has 1 saturated heterocycles. The van der Waals surface area contributed by atoms with Crippen LogP contribution < -0.4 is 10.1 Å². The number of benzene rings is 1. The number of nitrogens with zero attached hydrogens (tertiary/aromatic N) is 1. The molecule has 1 aliphatic heterocycles. The molecule has 1 aromatic carbocycles. The summed E-state index contributed by atoms with van der Waals surface area (Å²) in [6.07, 6.45) is 2.05. The summed E-state index contributed by atoms with van der Waals surface area (Å²) in [4.78, 5) is 14.4. The molecule has 1 amide bonds. The molecule has 5 nitrogen and oxygen atoms in total. The first-order valence-corrected chi connectivity index (χ1v) is 7.23. The van der Waals surface area contributed by atoms with E-state index in [1.165, 1.54) is 0 Å². The predicted octanol–water partition coefficient (Wildman–Crippen LogP) is 1.80. The second kappa shape index (κ2) is 5.77. The van der Waals surface area contributed by atoms with E-state index in [4.69, 9.17) is 9.15 Å². The van der Waals surface area contributed by atoms with Crippen molar-refractivity contribution in [1.29, 1.82) is 0 Å². The van der Waals surface area contributed by atoms with E-state index in [1.54, 1.807) is 13.4 Å². The summed E-state index contributed by atoms with van der Waals surface area (Å²) in [5.41, 5.74) is 1.69. The summed E-state index contributed by atoms with van der Waals surface area (Å²) >= 11 is 0. The largest absolute Gasteiger partial charge is 0.497 e. The van der Waals surface area contributed by atoms with Gasteiger partial charge in [0.05, 0.1) is 19.8 Å². The van der Waals surface area contributed by atoms with Gasteiger partial charge >= 0.3 is 0 Å². The van der Waals surface area contributed by atoms with Gasteiger partial charge in [-0.1, -0.05) is 0 Å². The van der Waals surface area contributed by atoms with E-state index < -0.39 is 0 Å². The zero-order chi connectivity index (χ0) is 14.8. The number of carbonyl (C=O) groups is 1. The molecule has 0 saturated carbocycles. The van der Waals surface area contributed by atoms with Crippen LogP contribution in [0.4, 0.5) is 0 Å². The molecule has 112 valence electrons. The van der Waals surface area contributed by atoms with Gasteiger partial charge in [0.2, 0.25) is 5.91 Å². The number of carbonyl (C=O) groups excluding carboxylic acids is 1. The molecule has 3 rings (SSSR count). The summed E-state index contributed by atoms with van der Waals surface area (Å²) in [5.74, 6) is 0.910. The Morgan fingerprint density at radius 2 is 2.38 bits per heavy atom. The van der Waals surface area contributed by atoms with Gasteiger partial charge in [0.15, 0.2) is 0 Å². The van der Waals surface area contributed by atoms with Crippen LogP contribution in [0.5, 0.6) is 5.75 Å². The molecule has 1 atom stereocenters. The normalized spacial score (nSPS) is 19.0. The van der Waals surface area contributed by atoms with Crippen molar-refractivity contribution in [2.45, 2.75) is 19.4 Å². The van der Waals surface area contributed by atoms with E-state index >= 15 is 0 Å². The van der Waals surface area contributed by atoms with Gasteiger partial charge in [0, 0.05) is 42.7 Å². The van der Waals surface area contributed by atoms with Crippen molar-refractivity contribution >= 4 is 16.9 Å². The molecule has 0 aliphatic carbocycles. The number of ether oxygens (including phenoxy) is 1. The third-order valence-corrected chi connectivity index (χ3v) is 4.03. The van der Waals surface area contributed by atoms with Gasteiger partial charge in [-0.15, -0.1) is 0 Å². The lowest BCUT2D eigenvalue weighted by Crippen LogP contribution is -2.52. The second-order valence-electron chi connectivity index (χ2n) is 5.44. The Morgan fingerprint density at radius 3 is 3.14 bits per heavy atom. The lowest BCUT2D eigenvalue weighted by molar-refractivity contribution is -0.133. The Balaban J connectivity index is 1.79. The number of fused-ring (bicyclic) bond motifs is 1. The van der Waals surface area contributed by atoms with Gasteiger partial charge in [-0.25, -0.2) is 0 Å². The first kappa shape index (κ1) is 13.9. The highest BCUT2D eigenvalue weighted by Gasteiger charge is 2.23. The molecule has 2 heterocycles. The van der Waals surface area contributed by atoms with E-state index in [0.29, 0.717) is 6.42 Å².